The maximum atomic E-state index is 13.9. The molecule has 3 N–H and O–H groups in total. The lowest BCUT2D eigenvalue weighted by Crippen LogP contribution is -2.07. The van der Waals surface area contributed by atoms with Gasteiger partial charge in [0, 0.05) is 45.7 Å². The van der Waals surface area contributed by atoms with Crippen molar-refractivity contribution in [2.75, 3.05) is 10.6 Å². The first kappa shape index (κ1) is 18.9. The zero-order valence-electron chi connectivity index (χ0n) is 15.7. The van der Waals surface area contributed by atoms with Crippen LogP contribution in [0.5, 0.6) is 0 Å². The minimum atomic E-state index is -0.616. The van der Waals surface area contributed by atoms with Crippen molar-refractivity contribution in [3.8, 4) is 0 Å². The molecule has 0 saturated heterocycles. The van der Waals surface area contributed by atoms with E-state index in [0.717, 1.165) is 27.1 Å². The number of aromatic nitrogens is 4. The lowest BCUT2D eigenvalue weighted by molar-refractivity contribution is 0.574. The van der Waals surface area contributed by atoms with Crippen molar-refractivity contribution >= 4 is 44.4 Å². The molecular weight excluding hydrogens is 454 g/mol. The summed E-state index contributed by atoms with van der Waals surface area (Å²) in [4.78, 5) is 9.08. The summed E-state index contributed by atoms with van der Waals surface area (Å²) in [7, 11) is 0. The number of benzene rings is 2. The molecule has 1 aliphatic carbocycles. The van der Waals surface area contributed by atoms with E-state index in [4.69, 9.17) is 0 Å². The second-order valence-electron chi connectivity index (χ2n) is 7.25. The third kappa shape index (κ3) is 3.97. The summed E-state index contributed by atoms with van der Waals surface area (Å²) >= 11 is 3.48. The van der Waals surface area contributed by atoms with Gasteiger partial charge in [0.1, 0.15) is 17.5 Å². The predicted molar refractivity (Wildman–Crippen MR) is 115 cm³/mol. The first-order valence-corrected chi connectivity index (χ1v) is 10.3. The molecule has 0 aliphatic heterocycles. The summed E-state index contributed by atoms with van der Waals surface area (Å²) in [5, 5.41) is 14.5. The van der Waals surface area contributed by atoms with Crippen molar-refractivity contribution in [2.45, 2.75) is 25.3 Å². The number of anilines is 3. The Hall–Kier alpha value is -3.07. The maximum absolute atomic E-state index is 13.9. The van der Waals surface area contributed by atoms with Crippen molar-refractivity contribution in [1.82, 2.24) is 20.2 Å². The molecule has 1 fully saturated rings. The minimum Gasteiger partial charge on any atom is -0.350 e. The summed E-state index contributed by atoms with van der Waals surface area (Å²) in [6.07, 6.45) is 2.36. The molecule has 4 aromatic rings. The van der Waals surface area contributed by atoms with Crippen LogP contribution >= 0.6 is 15.9 Å². The van der Waals surface area contributed by atoms with Gasteiger partial charge in [-0.1, -0.05) is 22.0 Å². The van der Waals surface area contributed by atoms with Crippen LogP contribution in [0.25, 0.3) is 10.9 Å². The number of hydrogen-bond acceptors (Lipinski definition) is 5. The van der Waals surface area contributed by atoms with E-state index in [0.29, 0.717) is 29.1 Å². The van der Waals surface area contributed by atoms with Crippen molar-refractivity contribution in [3.63, 3.8) is 0 Å². The first-order valence-electron chi connectivity index (χ1n) is 9.52. The number of nitrogens with zero attached hydrogens (tertiary/aromatic N) is 3. The average molecular weight is 471 g/mol. The van der Waals surface area contributed by atoms with Crippen LogP contribution in [0.2, 0.25) is 0 Å². The zero-order chi connectivity index (χ0) is 20.7. The van der Waals surface area contributed by atoms with Gasteiger partial charge in [0.05, 0.1) is 5.52 Å². The van der Waals surface area contributed by atoms with Crippen molar-refractivity contribution < 1.29 is 8.78 Å². The van der Waals surface area contributed by atoms with Crippen molar-refractivity contribution in [2.24, 2.45) is 0 Å². The molecule has 1 aliphatic rings. The van der Waals surface area contributed by atoms with Crippen LogP contribution in [0.15, 0.2) is 46.9 Å². The fourth-order valence-electron chi connectivity index (χ4n) is 3.24. The number of hydrogen-bond donors (Lipinski definition) is 3. The Balaban J connectivity index is 1.45. The fourth-order valence-corrected chi connectivity index (χ4v) is 3.60. The highest BCUT2D eigenvalue weighted by molar-refractivity contribution is 9.10. The van der Waals surface area contributed by atoms with Gasteiger partial charge in [-0.3, -0.25) is 5.10 Å². The molecule has 9 heteroatoms. The summed E-state index contributed by atoms with van der Waals surface area (Å²) in [6, 6.07) is 11.2. The highest BCUT2D eigenvalue weighted by Gasteiger charge is 2.25. The molecule has 0 bridgehead atoms. The Morgan fingerprint density at radius 3 is 2.73 bits per heavy atom. The van der Waals surface area contributed by atoms with E-state index in [-0.39, 0.29) is 6.54 Å². The molecule has 30 heavy (non-hydrogen) atoms. The summed E-state index contributed by atoms with van der Waals surface area (Å²) in [5.41, 5.74) is 2.16. The van der Waals surface area contributed by atoms with Gasteiger partial charge in [-0.25, -0.2) is 13.8 Å². The summed E-state index contributed by atoms with van der Waals surface area (Å²) in [6.45, 7) is 0.127. The highest BCUT2D eigenvalue weighted by Crippen LogP contribution is 2.40. The van der Waals surface area contributed by atoms with E-state index in [1.165, 1.54) is 25.0 Å². The Labute approximate surface area is 179 Å². The summed E-state index contributed by atoms with van der Waals surface area (Å²) < 4.78 is 28.0. The molecule has 152 valence electrons. The SMILES string of the molecule is Fc1ccc(CNc2nc(Nc3cc(C4CC4)[nH]n3)c3cc(Br)ccc3n2)c(F)c1. The van der Waals surface area contributed by atoms with Crippen LogP contribution in [0, 0.1) is 11.6 Å². The second-order valence-corrected chi connectivity index (χ2v) is 8.17. The standard InChI is InChI=1S/C21H17BrF2N6/c22-13-4-6-17-15(7-13)20(27-19-9-18(29-30-19)11-1-2-11)28-21(26-17)25-10-12-3-5-14(23)8-16(12)24/h3-9,11H,1-2,10H2,(H3,25,26,27,28,29,30). The van der Waals surface area contributed by atoms with Gasteiger partial charge in [0.15, 0.2) is 5.82 Å². The van der Waals surface area contributed by atoms with Crippen molar-refractivity contribution in [3.05, 3.63) is 69.8 Å². The molecule has 0 radical (unpaired) electrons. The lowest BCUT2D eigenvalue weighted by Gasteiger charge is -2.11. The number of fused-ring (bicyclic) bond motifs is 1. The number of rotatable bonds is 6. The Kier molecular flexibility index (Phi) is 4.82. The van der Waals surface area contributed by atoms with E-state index >= 15 is 0 Å². The molecule has 0 unspecified atom stereocenters. The third-order valence-corrected chi connectivity index (χ3v) is 5.46. The smallest absolute Gasteiger partial charge is 0.225 e. The number of nitrogens with one attached hydrogen (secondary N) is 3. The van der Waals surface area contributed by atoms with E-state index in [9.17, 15) is 8.78 Å². The minimum absolute atomic E-state index is 0.127. The highest BCUT2D eigenvalue weighted by atomic mass is 79.9. The van der Waals surface area contributed by atoms with Gasteiger partial charge < -0.3 is 10.6 Å². The summed E-state index contributed by atoms with van der Waals surface area (Å²) in [5.74, 6) is 0.917. The number of H-pyrrole nitrogens is 1. The molecular formula is C21H17BrF2N6. The van der Waals surface area contributed by atoms with Crippen LogP contribution in [-0.4, -0.2) is 20.2 Å². The Bertz CT molecular complexity index is 1240. The third-order valence-electron chi connectivity index (χ3n) is 4.97. The molecule has 0 amide bonds. The van der Waals surface area contributed by atoms with Crippen LogP contribution in [0.1, 0.15) is 30.0 Å². The molecule has 5 rings (SSSR count). The molecule has 2 aromatic carbocycles. The first-order chi connectivity index (χ1) is 14.5. The van der Waals surface area contributed by atoms with Crippen molar-refractivity contribution in [1.29, 1.82) is 0 Å². The maximum Gasteiger partial charge on any atom is 0.225 e. The van der Waals surface area contributed by atoms with Gasteiger partial charge >= 0.3 is 0 Å². The van der Waals surface area contributed by atoms with E-state index in [1.807, 2.05) is 24.3 Å². The topological polar surface area (TPSA) is 78.5 Å². The van der Waals surface area contributed by atoms with Crippen LogP contribution in [-0.2, 0) is 6.54 Å². The molecule has 6 nitrogen and oxygen atoms in total. The second kappa shape index (κ2) is 7.64. The zero-order valence-corrected chi connectivity index (χ0v) is 17.3. The number of aromatic amines is 1. The molecule has 1 saturated carbocycles. The van der Waals surface area contributed by atoms with E-state index in [1.54, 1.807) is 0 Å². The van der Waals surface area contributed by atoms with Crippen LogP contribution < -0.4 is 10.6 Å². The lowest BCUT2D eigenvalue weighted by atomic mass is 10.2. The predicted octanol–water partition coefficient (Wildman–Crippen LogP) is 5.63. The van der Waals surface area contributed by atoms with E-state index < -0.39 is 11.6 Å². The molecule has 0 spiro atoms. The average Bonchev–Trinajstić information content (AvgIpc) is 3.47. The number of halogens is 3. The fraction of sp³-hybridized carbons (Fsp3) is 0.190. The Morgan fingerprint density at radius 2 is 1.93 bits per heavy atom. The van der Waals surface area contributed by atoms with Gasteiger partial charge in [0.2, 0.25) is 5.95 Å². The monoisotopic (exact) mass is 470 g/mol. The quantitative estimate of drug-likeness (QED) is 0.340. The van der Waals surface area contributed by atoms with Gasteiger partial charge in [-0.05, 0) is 37.1 Å². The normalized spacial score (nSPS) is 13.6. The van der Waals surface area contributed by atoms with Crippen LogP contribution in [0.4, 0.5) is 26.4 Å². The van der Waals surface area contributed by atoms with Gasteiger partial charge in [0.25, 0.3) is 0 Å². The Morgan fingerprint density at radius 1 is 1.07 bits per heavy atom. The molecule has 2 heterocycles. The molecule has 2 aromatic heterocycles. The largest absolute Gasteiger partial charge is 0.350 e. The van der Waals surface area contributed by atoms with Gasteiger partial charge in [-0.15, -0.1) is 0 Å². The van der Waals surface area contributed by atoms with Gasteiger partial charge in [-0.2, -0.15) is 10.1 Å². The molecule has 0 atom stereocenters. The van der Waals surface area contributed by atoms with E-state index in [2.05, 4.69) is 46.7 Å². The van der Waals surface area contributed by atoms with Crippen LogP contribution in [0.3, 0.4) is 0 Å².